The number of thioether (sulfide) groups is 1. The summed E-state index contributed by atoms with van der Waals surface area (Å²) < 4.78 is 10.3. The normalized spacial score (nSPS) is 23.2. The second-order valence-electron chi connectivity index (χ2n) is 3.45. The molecule has 5 nitrogen and oxygen atoms in total. The molecule has 2 unspecified atom stereocenters. The summed E-state index contributed by atoms with van der Waals surface area (Å²) in [5.74, 6) is 2.45. The number of rotatable bonds is 4. The standard InChI is InChI=1S/C9H15N3O2S/c1-13-6(5-10)9-11-8(12-14-9)7-3-2-4-15-7/h6-7H,2-5,10H2,1H3. The van der Waals surface area contributed by atoms with Gasteiger partial charge >= 0.3 is 0 Å². The van der Waals surface area contributed by atoms with Crippen molar-refractivity contribution < 1.29 is 9.26 Å². The topological polar surface area (TPSA) is 74.2 Å². The first-order valence-corrected chi connectivity index (χ1v) is 6.08. The molecule has 6 heteroatoms. The van der Waals surface area contributed by atoms with Crippen LogP contribution >= 0.6 is 11.8 Å². The quantitative estimate of drug-likeness (QED) is 0.838. The minimum Gasteiger partial charge on any atom is -0.370 e. The zero-order chi connectivity index (χ0) is 10.7. The van der Waals surface area contributed by atoms with E-state index in [0.29, 0.717) is 17.7 Å². The first-order chi connectivity index (χ1) is 7.35. The molecule has 0 saturated carbocycles. The number of methoxy groups -OCH3 is 1. The van der Waals surface area contributed by atoms with Crippen LogP contribution in [0.2, 0.25) is 0 Å². The van der Waals surface area contributed by atoms with Crippen LogP contribution in [0.1, 0.15) is 35.9 Å². The molecule has 1 aromatic heterocycles. The molecule has 1 aromatic rings. The van der Waals surface area contributed by atoms with Crippen LogP contribution in [0.3, 0.4) is 0 Å². The molecule has 0 aromatic carbocycles. The number of nitrogens with zero attached hydrogens (tertiary/aromatic N) is 2. The first kappa shape index (κ1) is 10.9. The smallest absolute Gasteiger partial charge is 0.257 e. The summed E-state index contributed by atoms with van der Waals surface area (Å²) in [5, 5.41) is 4.36. The fraction of sp³-hybridized carbons (Fsp3) is 0.778. The van der Waals surface area contributed by atoms with E-state index in [9.17, 15) is 0 Å². The number of ether oxygens (including phenoxy) is 1. The average molecular weight is 229 g/mol. The Kier molecular flexibility index (Phi) is 3.61. The van der Waals surface area contributed by atoms with Crippen LogP contribution in [0, 0.1) is 0 Å². The third-order valence-electron chi connectivity index (χ3n) is 2.45. The Morgan fingerprint density at radius 3 is 3.20 bits per heavy atom. The third kappa shape index (κ3) is 2.32. The summed E-state index contributed by atoms with van der Waals surface area (Å²) >= 11 is 1.88. The molecule has 2 N–H and O–H groups in total. The molecule has 2 rings (SSSR count). The maximum atomic E-state index is 5.52. The van der Waals surface area contributed by atoms with E-state index < -0.39 is 0 Å². The molecule has 2 atom stereocenters. The molecule has 0 aliphatic carbocycles. The highest BCUT2D eigenvalue weighted by atomic mass is 32.2. The zero-order valence-corrected chi connectivity index (χ0v) is 9.50. The van der Waals surface area contributed by atoms with Gasteiger partial charge in [0.05, 0.1) is 5.25 Å². The molecule has 15 heavy (non-hydrogen) atoms. The molecule has 0 bridgehead atoms. The van der Waals surface area contributed by atoms with E-state index >= 15 is 0 Å². The van der Waals surface area contributed by atoms with Crippen LogP contribution in [0.15, 0.2) is 4.52 Å². The highest BCUT2D eigenvalue weighted by molar-refractivity contribution is 7.99. The molecule has 0 radical (unpaired) electrons. The van der Waals surface area contributed by atoms with Crippen molar-refractivity contribution >= 4 is 11.8 Å². The van der Waals surface area contributed by atoms with E-state index in [1.54, 1.807) is 7.11 Å². The maximum absolute atomic E-state index is 5.52. The summed E-state index contributed by atoms with van der Waals surface area (Å²) in [6.45, 7) is 0.357. The molecule has 2 heterocycles. The highest BCUT2D eigenvalue weighted by Crippen LogP contribution is 2.38. The second kappa shape index (κ2) is 4.96. The first-order valence-electron chi connectivity index (χ1n) is 5.03. The predicted octanol–water partition coefficient (Wildman–Crippen LogP) is 1.28. The van der Waals surface area contributed by atoms with Crippen molar-refractivity contribution in [2.75, 3.05) is 19.4 Å². The minimum atomic E-state index is -0.280. The van der Waals surface area contributed by atoms with Crippen molar-refractivity contribution in [3.63, 3.8) is 0 Å². The number of hydrogen-bond acceptors (Lipinski definition) is 6. The molecule has 1 saturated heterocycles. The van der Waals surface area contributed by atoms with Crippen LogP contribution in [0.5, 0.6) is 0 Å². The summed E-state index contributed by atoms with van der Waals surface area (Å²) in [5.41, 5.74) is 5.52. The largest absolute Gasteiger partial charge is 0.370 e. The lowest BCUT2D eigenvalue weighted by Gasteiger charge is -2.06. The van der Waals surface area contributed by atoms with Gasteiger partial charge in [0.2, 0.25) is 0 Å². The minimum absolute atomic E-state index is 0.280. The van der Waals surface area contributed by atoms with Gasteiger partial charge in [-0.1, -0.05) is 5.16 Å². The van der Waals surface area contributed by atoms with Gasteiger partial charge in [0.15, 0.2) is 5.82 Å². The van der Waals surface area contributed by atoms with Crippen molar-refractivity contribution in [3.05, 3.63) is 11.7 Å². The van der Waals surface area contributed by atoms with Gasteiger partial charge in [-0.15, -0.1) is 0 Å². The molecule has 1 aliphatic heterocycles. The Hall–Kier alpha value is -0.590. The van der Waals surface area contributed by atoms with Crippen molar-refractivity contribution in [2.24, 2.45) is 5.73 Å². The molecular formula is C9H15N3O2S. The molecular weight excluding hydrogens is 214 g/mol. The number of nitrogens with two attached hydrogens (primary N) is 1. The SMILES string of the molecule is COC(CN)c1nc(C2CCCS2)no1. The predicted molar refractivity (Wildman–Crippen MR) is 57.5 cm³/mol. The van der Waals surface area contributed by atoms with Gasteiger partial charge in [-0.25, -0.2) is 0 Å². The van der Waals surface area contributed by atoms with Crippen LogP contribution in [0.4, 0.5) is 0 Å². The summed E-state index contributed by atoms with van der Waals surface area (Å²) in [4.78, 5) is 4.33. The van der Waals surface area contributed by atoms with Crippen molar-refractivity contribution in [1.82, 2.24) is 10.1 Å². The lowest BCUT2D eigenvalue weighted by Crippen LogP contribution is -2.14. The molecule has 1 fully saturated rings. The van der Waals surface area contributed by atoms with E-state index in [1.165, 1.54) is 12.2 Å². The molecule has 1 aliphatic rings. The van der Waals surface area contributed by atoms with Gasteiger partial charge in [0.1, 0.15) is 6.10 Å². The van der Waals surface area contributed by atoms with Gasteiger partial charge in [-0.05, 0) is 18.6 Å². The fourth-order valence-corrected chi connectivity index (χ4v) is 2.78. The van der Waals surface area contributed by atoms with E-state index in [0.717, 1.165) is 12.2 Å². The van der Waals surface area contributed by atoms with Crippen LogP contribution in [0.25, 0.3) is 0 Å². The number of aromatic nitrogens is 2. The highest BCUT2D eigenvalue weighted by Gasteiger charge is 2.25. The van der Waals surface area contributed by atoms with E-state index in [4.69, 9.17) is 15.0 Å². The average Bonchev–Trinajstić information content (AvgIpc) is 2.89. The Bertz CT molecular complexity index is 292. The summed E-state index contributed by atoms with van der Waals surface area (Å²) in [6, 6.07) is 0. The fourth-order valence-electron chi connectivity index (χ4n) is 1.59. The van der Waals surface area contributed by atoms with E-state index in [1.807, 2.05) is 11.8 Å². The lowest BCUT2D eigenvalue weighted by molar-refractivity contribution is 0.0804. The monoisotopic (exact) mass is 229 g/mol. The van der Waals surface area contributed by atoms with E-state index in [2.05, 4.69) is 10.1 Å². The summed E-state index contributed by atoms with van der Waals surface area (Å²) in [7, 11) is 1.59. The van der Waals surface area contributed by atoms with Gasteiger partial charge < -0.3 is 15.0 Å². The van der Waals surface area contributed by atoms with Gasteiger partial charge in [-0.3, -0.25) is 0 Å². The Labute approximate surface area is 92.7 Å². The summed E-state index contributed by atoms with van der Waals surface area (Å²) in [6.07, 6.45) is 2.07. The second-order valence-corrected chi connectivity index (χ2v) is 4.76. The van der Waals surface area contributed by atoms with Crippen molar-refractivity contribution in [2.45, 2.75) is 24.2 Å². The van der Waals surface area contributed by atoms with E-state index in [-0.39, 0.29) is 6.10 Å². The molecule has 0 amide bonds. The van der Waals surface area contributed by atoms with Gasteiger partial charge in [-0.2, -0.15) is 16.7 Å². The Balaban J connectivity index is 2.08. The van der Waals surface area contributed by atoms with Crippen LogP contribution in [-0.4, -0.2) is 29.5 Å². The van der Waals surface area contributed by atoms with Gasteiger partial charge in [0.25, 0.3) is 5.89 Å². The number of hydrogen-bond donors (Lipinski definition) is 1. The Morgan fingerprint density at radius 1 is 1.73 bits per heavy atom. The maximum Gasteiger partial charge on any atom is 0.257 e. The van der Waals surface area contributed by atoms with Crippen molar-refractivity contribution in [3.8, 4) is 0 Å². The van der Waals surface area contributed by atoms with Crippen LogP contribution < -0.4 is 5.73 Å². The molecule has 84 valence electrons. The Morgan fingerprint density at radius 2 is 2.60 bits per heavy atom. The zero-order valence-electron chi connectivity index (χ0n) is 8.68. The third-order valence-corrected chi connectivity index (χ3v) is 3.82. The van der Waals surface area contributed by atoms with Gasteiger partial charge in [0, 0.05) is 13.7 Å². The van der Waals surface area contributed by atoms with Crippen LogP contribution in [-0.2, 0) is 4.74 Å². The molecule has 0 spiro atoms. The lowest BCUT2D eigenvalue weighted by atomic mass is 10.2. The van der Waals surface area contributed by atoms with Crippen molar-refractivity contribution in [1.29, 1.82) is 0 Å².